The number of amides is 2. The molecule has 0 aromatic carbocycles. The molecular weight excluding hydrogens is 286 g/mol. The van der Waals surface area contributed by atoms with Crippen molar-refractivity contribution in [1.29, 1.82) is 0 Å². The fourth-order valence-corrected chi connectivity index (χ4v) is 1.37. The highest BCUT2D eigenvalue weighted by molar-refractivity contribution is 5.88. The Balaban J connectivity index is 4.76. The van der Waals surface area contributed by atoms with Crippen LogP contribution in [0.4, 0.5) is 9.59 Å². The SMILES string of the molecule is CC(C)COCCN(C(=O)OC(C)(C)C)C(=O)OC(C)(C)C. The number of carbonyl (C=O) groups is 2. The van der Waals surface area contributed by atoms with Crippen molar-refractivity contribution in [2.45, 2.75) is 66.6 Å². The van der Waals surface area contributed by atoms with E-state index in [1.165, 1.54) is 0 Å². The third kappa shape index (κ3) is 10.4. The van der Waals surface area contributed by atoms with E-state index in [2.05, 4.69) is 0 Å². The molecule has 130 valence electrons. The lowest BCUT2D eigenvalue weighted by Gasteiger charge is -2.28. The normalized spacial score (nSPS) is 12.2. The molecule has 0 saturated carbocycles. The Bertz CT molecular complexity index is 338. The van der Waals surface area contributed by atoms with Crippen LogP contribution < -0.4 is 0 Å². The quantitative estimate of drug-likeness (QED) is 0.721. The van der Waals surface area contributed by atoms with Gasteiger partial charge < -0.3 is 14.2 Å². The standard InChI is InChI=1S/C16H31NO5/c1-12(2)11-20-10-9-17(13(18)21-15(3,4)5)14(19)22-16(6,7)8/h12H,9-11H2,1-8H3. The van der Waals surface area contributed by atoms with Crippen LogP contribution >= 0.6 is 0 Å². The molecule has 0 aliphatic heterocycles. The monoisotopic (exact) mass is 317 g/mol. The molecule has 6 nitrogen and oxygen atoms in total. The smallest absolute Gasteiger partial charge is 0.419 e. The zero-order valence-electron chi connectivity index (χ0n) is 15.2. The number of ether oxygens (including phenoxy) is 3. The molecule has 2 amide bonds. The lowest BCUT2D eigenvalue weighted by Crippen LogP contribution is -2.45. The zero-order chi connectivity index (χ0) is 17.6. The van der Waals surface area contributed by atoms with Crippen molar-refractivity contribution in [3.05, 3.63) is 0 Å². The Morgan fingerprint density at radius 2 is 1.32 bits per heavy atom. The first-order chi connectivity index (χ1) is 9.82. The second-order valence-electron chi connectivity index (χ2n) is 7.58. The molecule has 0 N–H and O–H groups in total. The molecule has 0 aliphatic carbocycles. The van der Waals surface area contributed by atoms with E-state index in [0.29, 0.717) is 12.5 Å². The first-order valence-electron chi connectivity index (χ1n) is 7.63. The Kier molecular flexibility index (Phi) is 7.87. The minimum absolute atomic E-state index is 0.0938. The van der Waals surface area contributed by atoms with Crippen LogP contribution in [-0.4, -0.2) is 48.0 Å². The Morgan fingerprint density at radius 3 is 1.64 bits per heavy atom. The Morgan fingerprint density at radius 1 is 0.909 bits per heavy atom. The van der Waals surface area contributed by atoms with Gasteiger partial charge in [0.15, 0.2) is 0 Å². The molecule has 0 rings (SSSR count). The van der Waals surface area contributed by atoms with Gasteiger partial charge in [0.05, 0.1) is 13.2 Å². The predicted molar refractivity (Wildman–Crippen MR) is 84.8 cm³/mol. The summed E-state index contributed by atoms with van der Waals surface area (Å²) in [6, 6.07) is 0. The van der Waals surface area contributed by atoms with Crippen LogP contribution in [0.2, 0.25) is 0 Å². The highest BCUT2D eigenvalue weighted by Gasteiger charge is 2.30. The average Bonchev–Trinajstić information content (AvgIpc) is 2.22. The van der Waals surface area contributed by atoms with Crippen molar-refractivity contribution >= 4 is 12.2 Å². The molecule has 0 aromatic heterocycles. The molecule has 0 heterocycles. The van der Waals surface area contributed by atoms with Crippen molar-refractivity contribution in [3.63, 3.8) is 0 Å². The summed E-state index contributed by atoms with van der Waals surface area (Å²) in [4.78, 5) is 25.3. The van der Waals surface area contributed by atoms with Gasteiger partial charge in [-0.1, -0.05) is 13.8 Å². The van der Waals surface area contributed by atoms with Crippen molar-refractivity contribution in [3.8, 4) is 0 Å². The minimum atomic E-state index is -0.727. The molecule has 0 radical (unpaired) electrons. The molecule has 0 fully saturated rings. The lowest BCUT2D eigenvalue weighted by molar-refractivity contribution is -0.00555. The van der Waals surface area contributed by atoms with E-state index in [4.69, 9.17) is 14.2 Å². The van der Waals surface area contributed by atoms with E-state index in [1.54, 1.807) is 41.5 Å². The van der Waals surface area contributed by atoms with Gasteiger partial charge in [0.2, 0.25) is 0 Å². The van der Waals surface area contributed by atoms with E-state index in [0.717, 1.165) is 4.90 Å². The maximum Gasteiger partial charge on any atom is 0.419 e. The fraction of sp³-hybridized carbons (Fsp3) is 0.875. The predicted octanol–water partition coefficient (Wildman–Crippen LogP) is 3.83. The maximum absolute atomic E-state index is 12.2. The second kappa shape index (κ2) is 8.36. The maximum atomic E-state index is 12.2. The molecule has 0 aromatic rings. The summed E-state index contributed by atoms with van der Waals surface area (Å²) in [5.74, 6) is 0.386. The molecular formula is C16H31NO5. The van der Waals surface area contributed by atoms with Crippen LogP contribution in [0.25, 0.3) is 0 Å². The van der Waals surface area contributed by atoms with Crippen LogP contribution in [0.3, 0.4) is 0 Å². The molecule has 0 bridgehead atoms. The third-order valence-electron chi connectivity index (χ3n) is 2.14. The Hall–Kier alpha value is -1.30. The summed E-state index contributed by atoms with van der Waals surface area (Å²) in [6.07, 6.45) is -1.45. The molecule has 6 heteroatoms. The summed E-state index contributed by atoms with van der Waals surface area (Å²) in [6.45, 7) is 15.4. The highest BCUT2D eigenvalue weighted by Crippen LogP contribution is 2.14. The van der Waals surface area contributed by atoms with Crippen molar-refractivity contribution < 1.29 is 23.8 Å². The van der Waals surface area contributed by atoms with Gasteiger partial charge in [0.25, 0.3) is 0 Å². The molecule has 0 spiro atoms. The van der Waals surface area contributed by atoms with Crippen LogP contribution in [0.1, 0.15) is 55.4 Å². The fourth-order valence-electron chi connectivity index (χ4n) is 1.37. The lowest BCUT2D eigenvalue weighted by atomic mass is 10.2. The van der Waals surface area contributed by atoms with Gasteiger partial charge in [-0.25, -0.2) is 14.5 Å². The van der Waals surface area contributed by atoms with Gasteiger partial charge in [-0.3, -0.25) is 0 Å². The molecule has 0 aliphatic rings. The van der Waals surface area contributed by atoms with Gasteiger partial charge in [-0.15, -0.1) is 0 Å². The van der Waals surface area contributed by atoms with Crippen molar-refractivity contribution in [2.24, 2.45) is 5.92 Å². The number of carbonyl (C=O) groups excluding carboxylic acids is 2. The number of imide groups is 1. The first-order valence-corrected chi connectivity index (χ1v) is 7.63. The van der Waals surface area contributed by atoms with Crippen LogP contribution in [0.15, 0.2) is 0 Å². The van der Waals surface area contributed by atoms with E-state index >= 15 is 0 Å². The zero-order valence-corrected chi connectivity index (χ0v) is 15.2. The van der Waals surface area contributed by atoms with Gasteiger partial charge in [-0.2, -0.15) is 0 Å². The average molecular weight is 317 g/mol. The second-order valence-corrected chi connectivity index (χ2v) is 7.58. The van der Waals surface area contributed by atoms with E-state index < -0.39 is 23.4 Å². The van der Waals surface area contributed by atoms with Gasteiger partial charge in [0.1, 0.15) is 11.2 Å². The van der Waals surface area contributed by atoms with Crippen molar-refractivity contribution in [1.82, 2.24) is 4.90 Å². The summed E-state index contributed by atoms with van der Waals surface area (Å²) in [5, 5.41) is 0. The molecule has 0 unspecified atom stereocenters. The number of rotatable bonds is 5. The molecule has 0 saturated heterocycles. The topological polar surface area (TPSA) is 65.1 Å². The van der Waals surface area contributed by atoms with Gasteiger partial charge >= 0.3 is 12.2 Å². The summed E-state index contributed by atoms with van der Waals surface area (Å²) in [5.41, 5.74) is -1.37. The van der Waals surface area contributed by atoms with Crippen LogP contribution in [0.5, 0.6) is 0 Å². The van der Waals surface area contributed by atoms with Crippen molar-refractivity contribution in [2.75, 3.05) is 19.8 Å². The van der Waals surface area contributed by atoms with E-state index in [1.807, 2.05) is 13.8 Å². The highest BCUT2D eigenvalue weighted by atomic mass is 16.6. The molecule has 0 atom stereocenters. The Labute approximate surface area is 134 Å². The van der Waals surface area contributed by atoms with Crippen LogP contribution in [-0.2, 0) is 14.2 Å². The van der Waals surface area contributed by atoms with E-state index in [9.17, 15) is 9.59 Å². The first kappa shape index (κ1) is 20.7. The number of hydrogen-bond acceptors (Lipinski definition) is 5. The van der Waals surface area contributed by atoms with E-state index in [-0.39, 0.29) is 13.2 Å². The number of hydrogen-bond donors (Lipinski definition) is 0. The summed E-state index contributed by atoms with van der Waals surface area (Å²) in [7, 11) is 0. The number of nitrogens with zero attached hydrogens (tertiary/aromatic N) is 1. The summed E-state index contributed by atoms with van der Waals surface area (Å²) < 4.78 is 15.9. The van der Waals surface area contributed by atoms with Gasteiger partial charge in [0, 0.05) is 6.61 Å². The molecule has 22 heavy (non-hydrogen) atoms. The largest absolute Gasteiger partial charge is 0.443 e. The van der Waals surface area contributed by atoms with Crippen LogP contribution in [0, 0.1) is 5.92 Å². The summed E-state index contributed by atoms with van der Waals surface area (Å²) >= 11 is 0. The third-order valence-corrected chi connectivity index (χ3v) is 2.14. The van der Waals surface area contributed by atoms with Gasteiger partial charge in [-0.05, 0) is 47.5 Å². The minimum Gasteiger partial charge on any atom is -0.443 e.